The van der Waals surface area contributed by atoms with Crippen LogP contribution < -0.4 is 0 Å². The Bertz CT molecular complexity index is 1200. The van der Waals surface area contributed by atoms with Crippen molar-refractivity contribution < 1.29 is 44.5 Å². The fourth-order valence-corrected chi connectivity index (χ4v) is 14.0. The summed E-state index contributed by atoms with van der Waals surface area (Å²) >= 11 is 0. The summed E-state index contributed by atoms with van der Waals surface area (Å²) in [5.74, 6) is 0.108. The van der Waals surface area contributed by atoms with Gasteiger partial charge in [-0.15, -0.1) is 0 Å². The van der Waals surface area contributed by atoms with Gasteiger partial charge in [0.25, 0.3) is 0 Å². The van der Waals surface area contributed by atoms with Crippen LogP contribution in [0.2, 0.25) is 0 Å². The maximum absolute atomic E-state index is 12.7. The highest BCUT2D eigenvalue weighted by atomic mass is 16.8. The molecule has 5 aliphatic carbocycles. The minimum Gasteiger partial charge on any atom is -0.388 e. The summed E-state index contributed by atoms with van der Waals surface area (Å²) < 4.78 is 25.8. The van der Waals surface area contributed by atoms with Crippen LogP contribution in [0.1, 0.15) is 99.8 Å². The molecule has 0 unspecified atom stereocenters. The SMILES string of the molecule is C[C@@H]1C[C@H]2O[C@@]3(O[C@@H]2C(C)(C)O)[C@@H](O)[C@@]2(C)[C@H]4CC[C@H]5C(C)(C)[C@@H](O[C@@H]6OC[C@H](O)[C@@H](O)[C@@H]6O)CC[C@@]56C[C@@]46CC[C@]2(C)[C@H]13. The number of hydrogen-bond donors (Lipinski definition) is 5. The second-order valence-corrected chi connectivity index (χ2v) is 18.3. The highest BCUT2D eigenvalue weighted by Crippen LogP contribution is 2.90. The van der Waals surface area contributed by atoms with Crippen LogP contribution >= 0.6 is 0 Å². The molecule has 9 heteroatoms. The summed E-state index contributed by atoms with van der Waals surface area (Å²) in [7, 11) is 0. The molecule has 3 heterocycles. The number of rotatable bonds is 3. The van der Waals surface area contributed by atoms with Crippen molar-refractivity contribution in [3.63, 3.8) is 0 Å². The third-order valence-corrected chi connectivity index (χ3v) is 15.9. The highest BCUT2D eigenvalue weighted by Gasteiger charge is 2.88. The monoisotopic (exact) mass is 620 g/mol. The molecule has 9 nitrogen and oxygen atoms in total. The molecule has 2 bridgehead atoms. The molecule has 3 aliphatic heterocycles. The van der Waals surface area contributed by atoms with Crippen LogP contribution in [0.3, 0.4) is 0 Å². The zero-order valence-electron chi connectivity index (χ0n) is 27.7. The van der Waals surface area contributed by atoms with Gasteiger partial charge < -0.3 is 44.5 Å². The lowest BCUT2D eigenvalue weighted by Gasteiger charge is -2.63. The predicted molar refractivity (Wildman–Crippen MR) is 159 cm³/mol. The van der Waals surface area contributed by atoms with Crippen LogP contribution in [0, 0.1) is 50.7 Å². The van der Waals surface area contributed by atoms with E-state index in [4.69, 9.17) is 18.9 Å². The van der Waals surface area contributed by atoms with E-state index in [0.717, 1.165) is 44.9 Å². The van der Waals surface area contributed by atoms with Gasteiger partial charge in [0.2, 0.25) is 0 Å². The first-order chi connectivity index (χ1) is 20.4. The summed E-state index contributed by atoms with van der Waals surface area (Å²) in [5, 5.41) is 54.5. The summed E-state index contributed by atoms with van der Waals surface area (Å²) in [6.07, 6.45) is 2.00. The van der Waals surface area contributed by atoms with Crippen LogP contribution in [-0.2, 0) is 18.9 Å². The zero-order valence-corrected chi connectivity index (χ0v) is 27.7. The molecular weight excluding hydrogens is 564 g/mol. The Morgan fingerprint density at radius 1 is 0.841 bits per heavy atom. The van der Waals surface area contributed by atoms with Crippen molar-refractivity contribution in [3.05, 3.63) is 0 Å². The first-order valence-electron chi connectivity index (χ1n) is 17.5. The minimum atomic E-state index is -1.28. The molecule has 3 saturated heterocycles. The second kappa shape index (κ2) is 9.00. The maximum atomic E-state index is 12.7. The highest BCUT2D eigenvalue weighted by molar-refractivity contribution is 5.34. The minimum absolute atomic E-state index is 0.0559. The summed E-state index contributed by atoms with van der Waals surface area (Å²) in [4.78, 5) is 0. The molecular formula is C35H56O9. The molecule has 17 atom stereocenters. The van der Waals surface area contributed by atoms with E-state index in [-0.39, 0.29) is 51.8 Å². The molecule has 250 valence electrons. The van der Waals surface area contributed by atoms with E-state index in [0.29, 0.717) is 17.8 Å². The van der Waals surface area contributed by atoms with E-state index >= 15 is 0 Å². The summed E-state index contributed by atoms with van der Waals surface area (Å²) in [5.41, 5.74) is -1.39. The Labute approximate surface area is 262 Å². The lowest BCUT2D eigenvalue weighted by molar-refractivity contribution is -0.303. The lowest BCUT2D eigenvalue weighted by Crippen LogP contribution is -2.61. The zero-order chi connectivity index (χ0) is 31.6. The van der Waals surface area contributed by atoms with Crippen molar-refractivity contribution in [2.24, 2.45) is 50.7 Å². The fourth-order valence-electron chi connectivity index (χ4n) is 14.0. The van der Waals surface area contributed by atoms with E-state index in [2.05, 4.69) is 34.6 Å². The molecule has 5 saturated carbocycles. The smallest absolute Gasteiger partial charge is 0.199 e. The van der Waals surface area contributed by atoms with Crippen molar-refractivity contribution in [2.75, 3.05) is 6.61 Å². The van der Waals surface area contributed by atoms with Crippen LogP contribution in [0.15, 0.2) is 0 Å². The number of aliphatic hydroxyl groups excluding tert-OH is 4. The Morgan fingerprint density at radius 2 is 1.52 bits per heavy atom. The van der Waals surface area contributed by atoms with Gasteiger partial charge in [0, 0.05) is 11.3 Å². The molecule has 3 spiro atoms. The van der Waals surface area contributed by atoms with Crippen molar-refractivity contribution in [2.45, 2.75) is 160 Å². The van der Waals surface area contributed by atoms with Gasteiger partial charge in [-0.3, -0.25) is 0 Å². The van der Waals surface area contributed by atoms with E-state index in [1.54, 1.807) is 13.8 Å². The van der Waals surface area contributed by atoms with Crippen molar-refractivity contribution >= 4 is 0 Å². The summed E-state index contributed by atoms with van der Waals surface area (Å²) in [6.45, 7) is 15.2. The van der Waals surface area contributed by atoms with Crippen LogP contribution in [-0.4, -0.2) is 92.5 Å². The number of fused-ring (bicyclic) bond motifs is 4. The fraction of sp³-hybridized carbons (Fsp3) is 1.00. The third kappa shape index (κ3) is 3.38. The topological polar surface area (TPSA) is 138 Å². The van der Waals surface area contributed by atoms with Gasteiger partial charge in [-0.05, 0) is 105 Å². The lowest BCUT2D eigenvalue weighted by atomic mass is 9.41. The van der Waals surface area contributed by atoms with E-state index in [9.17, 15) is 25.5 Å². The Balaban J connectivity index is 1.10. The normalized spacial score (nSPS) is 62.2. The molecule has 5 N–H and O–H groups in total. The first-order valence-corrected chi connectivity index (χ1v) is 17.5. The van der Waals surface area contributed by atoms with Gasteiger partial charge in [0.05, 0.1) is 24.4 Å². The van der Waals surface area contributed by atoms with Crippen molar-refractivity contribution in [1.29, 1.82) is 0 Å². The molecule has 0 radical (unpaired) electrons. The van der Waals surface area contributed by atoms with Gasteiger partial charge in [-0.25, -0.2) is 0 Å². The van der Waals surface area contributed by atoms with Crippen LogP contribution in [0.4, 0.5) is 0 Å². The molecule has 8 aliphatic rings. The quantitative estimate of drug-likeness (QED) is 0.301. The van der Waals surface area contributed by atoms with E-state index in [1.807, 2.05) is 0 Å². The largest absolute Gasteiger partial charge is 0.388 e. The Hall–Kier alpha value is -0.360. The number of hydrogen-bond acceptors (Lipinski definition) is 9. The standard InChI is InChI=1S/C35H56O9/c1-17-14-19-26(30(4,5)40)44-35(43-19)25(17)31(6)12-13-34-16-33(34)11-10-22(42-27-24(38)23(37)18(36)15-41-27)29(2,3)20(33)8-9-21(34)32(31,7)28(35)39/h17-28,36-40H,8-16H2,1-7H3/t17-,18+,19-,20+,21-,22+,23-,24+,25+,26+,27+,28+,31-,32-,33-,34+,35+/m1/s1. The molecule has 0 aromatic carbocycles. The van der Waals surface area contributed by atoms with Crippen LogP contribution in [0.25, 0.3) is 0 Å². The van der Waals surface area contributed by atoms with E-state index < -0.39 is 48.2 Å². The molecule has 0 aromatic rings. The molecule has 0 amide bonds. The molecule has 8 fully saturated rings. The predicted octanol–water partition coefficient (Wildman–Crippen LogP) is 3.12. The van der Waals surface area contributed by atoms with Gasteiger partial charge in [0.15, 0.2) is 12.1 Å². The number of ether oxygens (including phenoxy) is 4. The molecule has 8 rings (SSSR count). The van der Waals surface area contributed by atoms with Gasteiger partial charge in [-0.1, -0.05) is 34.6 Å². The van der Waals surface area contributed by atoms with Crippen LogP contribution in [0.5, 0.6) is 0 Å². The van der Waals surface area contributed by atoms with Crippen molar-refractivity contribution in [3.8, 4) is 0 Å². The first kappa shape index (κ1) is 30.9. The van der Waals surface area contributed by atoms with E-state index in [1.165, 1.54) is 6.42 Å². The average molecular weight is 621 g/mol. The Morgan fingerprint density at radius 3 is 2.23 bits per heavy atom. The summed E-state index contributed by atoms with van der Waals surface area (Å²) in [6, 6.07) is 0. The van der Waals surface area contributed by atoms with Gasteiger partial charge in [0.1, 0.15) is 30.5 Å². The second-order valence-electron chi connectivity index (χ2n) is 18.3. The molecule has 0 aromatic heterocycles. The van der Waals surface area contributed by atoms with Gasteiger partial charge in [-0.2, -0.15) is 0 Å². The van der Waals surface area contributed by atoms with Crippen molar-refractivity contribution in [1.82, 2.24) is 0 Å². The maximum Gasteiger partial charge on any atom is 0.199 e. The average Bonchev–Trinajstić information content (AvgIpc) is 3.45. The van der Waals surface area contributed by atoms with Gasteiger partial charge >= 0.3 is 0 Å². The number of aliphatic hydroxyl groups is 5. The molecule has 44 heavy (non-hydrogen) atoms. The third-order valence-electron chi connectivity index (χ3n) is 15.9. The Kier molecular flexibility index (Phi) is 6.33.